The second kappa shape index (κ2) is 11.9. The van der Waals surface area contributed by atoms with E-state index in [9.17, 15) is 9.59 Å². The number of Topliss-reactive ketones (excluding diaryl/α,β-unsaturated/α-hetero) is 1. The molecule has 1 unspecified atom stereocenters. The Kier molecular flexibility index (Phi) is 10.5. The van der Waals surface area contributed by atoms with Gasteiger partial charge in [0.2, 0.25) is 0 Å². The standard InChI is InChI=1S/C19H34O2/c1-2-3-4-5-6-7-8-10-15-18(16-20)19(21)17-13-11-9-12-14-17/h16-18H,2-15H2,1H3. The minimum atomic E-state index is -0.312. The molecule has 1 saturated carbocycles. The minimum Gasteiger partial charge on any atom is -0.303 e. The van der Waals surface area contributed by atoms with E-state index in [-0.39, 0.29) is 17.6 Å². The summed E-state index contributed by atoms with van der Waals surface area (Å²) in [7, 11) is 0. The predicted molar refractivity (Wildman–Crippen MR) is 88.4 cm³/mol. The Bertz CT molecular complexity index is 279. The van der Waals surface area contributed by atoms with E-state index >= 15 is 0 Å². The molecule has 1 aliphatic rings. The summed E-state index contributed by atoms with van der Waals surface area (Å²) in [6, 6.07) is 0. The lowest BCUT2D eigenvalue weighted by molar-refractivity contribution is -0.131. The Balaban J connectivity index is 2.10. The number of carbonyl (C=O) groups excluding carboxylic acids is 2. The molecule has 122 valence electrons. The molecule has 0 saturated heterocycles. The van der Waals surface area contributed by atoms with E-state index < -0.39 is 0 Å². The lowest BCUT2D eigenvalue weighted by atomic mass is 9.80. The Morgan fingerprint density at radius 3 is 2.10 bits per heavy atom. The molecule has 1 aliphatic carbocycles. The van der Waals surface area contributed by atoms with Gasteiger partial charge in [0, 0.05) is 5.92 Å². The van der Waals surface area contributed by atoms with Crippen molar-refractivity contribution in [2.75, 3.05) is 0 Å². The summed E-state index contributed by atoms with van der Waals surface area (Å²) in [5.41, 5.74) is 0. The summed E-state index contributed by atoms with van der Waals surface area (Å²) < 4.78 is 0. The predicted octanol–water partition coefficient (Wildman–Crippen LogP) is 5.48. The highest BCUT2D eigenvalue weighted by molar-refractivity contribution is 5.94. The van der Waals surface area contributed by atoms with Crippen molar-refractivity contribution < 1.29 is 9.59 Å². The monoisotopic (exact) mass is 294 g/mol. The molecule has 2 heteroatoms. The zero-order chi connectivity index (χ0) is 15.3. The highest BCUT2D eigenvalue weighted by atomic mass is 16.1. The van der Waals surface area contributed by atoms with Crippen LogP contribution in [0.3, 0.4) is 0 Å². The van der Waals surface area contributed by atoms with Crippen molar-refractivity contribution in [1.29, 1.82) is 0 Å². The van der Waals surface area contributed by atoms with Crippen LogP contribution in [0.15, 0.2) is 0 Å². The first-order valence-electron chi connectivity index (χ1n) is 9.28. The highest BCUT2D eigenvalue weighted by Crippen LogP contribution is 2.27. The van der Waals surface area contributed by atoms with Crippen molar-refractivity contribution in [2.45, 2.75) is 96.8 Å². The Morgan fingerprint density at radius 1 is 0.952 bits per heavy atom. The van der Waals surface area contributed by atoms with Crippen molar-refractivity contribution >= 4 is 12.1 Å². The van der Waals surface area contributed by atoms with Crippen molar-refractivity contribution in [3.05, 3.63) is 0 Å². The average Bonchev–Trinajstić information content (AvgIpc) is 2.54. The third-order valence-corrected chi connectivity index (χ3v) is 4.91. The second-order valence-corrected chi connectivity index (χ2v) is 6.74. The molecule has 1 fully saturated rings. The fourth-order valence-corrected chi connectivity index (χ4v) is 3.47. The van der Waals surface area contributed by atoms with E-state index in [4.69, 9.17) is 0 Å². The molecule has 21 heavy (non-hydrogen) atoms. The minimum absolute atomic E-state index is 0.183. The molecule has 0 aromatic rings. The van der Waals surface area contributed by atoms with Crippen molar-refractivity contribution in [3.8, 4) is 0 Å². The number of unbranched alkanes of at least 4 members (excludes halogenated alkanes) is 7. The summed E-state index contributed by atoms with van der Waals surface area (Å²) in [6.07, 6.45) is 17.4. The molecule has 0 aliphatic heterocycles. The van der Waals surface area contributed by atoms with Gasteiger partial charge in [-0.25, -0.2) is 0 Å². The molecule has 1 atom stereocenters. The van der Waals surface area contributed by atoms with E-state index in [1.807, 2.05) is 0 Å². The largest absolute Gasteiger partial charge is 0.303 e. The van der Waals surface area contributed by atoms with Crippen LogP contribution in [0.1, 0.15) is 96.8 Å². The van der Waals surface area contributed by atoms with Gasteiger partial charge in [-0.15, -0.1) is 0 Å². The molecule has 0 bridgehead atoms. The van der Waals surface area contributed by atoms with Crippen LogP contribution < -0.4 is 0 Å². The maximum atomic E-state index is 12.3. The van der Waals surface area contributed by atoms with Gasteiger partial charge in [-0.3, -0.25) is 4.79 Å². The summed E-state index contributed by atoms with van der Waals surface area (Å²) in [4.78, 5) is 23.5. The average molecular weight is 294 g/mol. The number of aldehydes is 1. The third kappa shape index (κ3) is 7.78. The van der Waals surface area contributed by atoms with E-state index in [1.54, 1.807) is 0 Å². The molecule has 0 spiro atoms. The van der Waals surface area contributed by atoms with Gasteiger partial charge < -0.3 is 4.79 Å². The van der Waals surface area contributed by atoms with Gasteiger partial charge in [-0.2, -0.15) is 0 Å². The number of ketones is 1. The van der Waals surface area contributed by atoms with Crippen LogP contribution in [0.2, 0.25) is 0 Å². The van der Waals surface area contributed by atoms with Crippen molar-refractivity contribution in [2.24, 2.45) is 11.8 Å². The molecule has 0 amide bonds. The van der Waals surface area contributed by atoms with Gasteiger partial charge in [0.15, 0.2) is 0 Å². The zero-order valence-electron chi connectivity index (χ0n) is 13.9. The molecular weight excluding hydrogens is 260 g/mol. The number of hydrogen-bond acceptors (Lipinski definition) is 2. The molecule has 0 heterocycles. The lowest BCUT2D eigenvalue weighted by Gasteiger charge is -2.22. The topological polar surface area (TPSA) is 34.1 Å². The smallest absolute Gasteiger partial charge is 0.146 e. The van der Waals surface area contributed by atoms with Crippen LogP contribution in [-0.4, -0.2) is 12.1 Å². The van der Waals surface area contributed by atoms with Crippen LogP contribution in [0, 0.1) is 11.8 Å². The van der Waals surface area contributed by atoms with E-state index in [1.165, 1.54) is 64.2 Å². The number of carbonyl (C=O) groups is 2. The molecule has 0 aromatic heterocycles. The Labute approximate surface area is 131 Å². The molecule has 0 N–H and O–H groups in total. The van der Waals surface area contributed by atoms with Crippen molar-refractivity contribution in [3.63, 3.8) is 0 Å². The summed E-state index contributed by atoms with van der Waals surface area (Å²) in [6.45, 7) is 2.24. The Morgan fingerprint density at radius 2 is 1.52 bits per heavy atom. The van der Waals surface area contributed by atoms with E-state index in [0.717, 1.165) is 32.0 Å². The lowest BCUT2D eigenvalue weighted by Crippen LogP contribution is -2.26. The van der Waals surface area contributed by atoms with Crippen LogP contribution in [0.5, 0.6) is 0 Å². The molecular formula is C19H34O2. The van der Waals surface area contributed by atoms with Gasteiger partial charge in [0.05, 0.1) is 5.92 Å². The first-order valence-corrected chi connectivity index (χ1v) is 9.28. The van der Waals surface area contributed by atoms with Gasteiger partial charge >= 0.3 is 0 Å². The van der Waals surface area contributed by atoms with E-state index in [2.05, 4.69) is 6.92 Å². The first kappa shape index (κ1) is 18.4. The van der Waals surface area contributed by atoms with E-state index in [0.29, 0.717) is 0 Å². The molecule has 2 nitrogen and oxygen atoms in total. The van der Waals surface area contributed by atoms with Crippen molar-refractivity contribution in [1.82, 2.24) is 0 Å². The maximum absolute atomic E-state index is 12.3. The first-order chi connectivity index (χ1) is 10.3. The summed E-state index contributed by atoms with van der Waals surface area (Å²) in [5.74, 6) is 0.115. The van der Waals surface area contributed by atoms with Gasteiger partial charge in [0.1, 0.15) is 12.1 Å². The fraction of sp³-hybridized carbons (Fsp3) is 0.895. The van der Waals surface area contributed by atoms with Crippen LogP contribution >= 0.6 is 0 Å². The SMILES string of the molecule is CCCCCCCCCCC(C=O)C(=O)C1CCCCC1. The van der Waals surface area contributed by atoms with Gasteiger partial charge in [0.25, 0.3) is 0 Å². The maximum Gasteiger partial charge on any atom is 0.146 e. The molecule has 0 aromatic carbocycles. The van der Waals surface area contributed by atoms with Crippen LogP contribution in [0.25, 0.3) is 0 Å². The third-order valence-electron chi connectivity index (χ3n) is 4.91. The molecule has 0 radical (unpaired) electrons. The second-order valence-electron chi connectivity index (χ2n) is 6.74. The number of rotatable bonds is 12. The quantitative estimate of drug-likeness (QED) is 0.271. The normalized spacial score (nSPS) is 17.6. The summed E-state index contributed by atoms with van der Waals surface area (Å²) >= 11 is 0. The van der Waals surface area contributed by atoms with Crippen LogP contribution in [0.4, 0.5) is 0 Å². The summed E-state index contributed by atoms with van der Waals surface area (Å²) in [5, 5.41) is 0. The fourth-order valence-electron chi connectivity index (χ4n) is 3.47. The van der Waals surface area contributed by atoms with Gasteiger partial charge in [-0.1, -0.05) is 77.6 Å². The zero-order valence-corrected chi connectivity index (χ0v) is 13.9. The Hall–Kier alpha value is -0.660. The number of hydrogen-bond donors (Lipinski definition) is 0. The highest BCUT2D eigenvalue weighted by Gasteiger charge is 2.27. The molecule has 1 rings (SSSR count). The van der Waals surface area contributed by atoms with Gasteiger partial charge in [-0.05, 0) is 19.3 Å². The van der Waals surface area contributed by atoms with Crippen LogP contribution in [-0.2, 0) is 9.59 Å².